The van der Waals surface area contributed by atoms with Crippen molar-refractivity contribution in [3.05, 3.63) is 104 Å². The molecule has 0 saturated carbocycles. The minimum Gasteiger partial charge on any atom is -0.411 e. The summed E-state index contributed by atoms with van der Waals surface area (Å²) in [5.74, 6) is -0.747. The van der Waals surface area contributed by atoms with Gasteiger partial charge in [-0.2, -0.15) is 0 Å². The lowest BCUT2D eigenvalue weighted by atomic mass is 9.83. The summed E-state index contributed by atoms with van der Waals surface area (Å²) in [7, 11) is -1.55. The predicted molar refractivity (Wildman–Crippen MR) is 141 cm³/mol. The van der Waals surface area contributed by atoms with Crippen LogP contribution in [-0.4, -0.2) is 48.4 Å². The molecule has 0 aliphatic heterocycles. The van der Waals surface area contributed by atoms with Gasteiger partial charge in [-0.05, 0) is 53.9 Å². The van der Waals surface area contributed by atoms with Crippen molar-refractivity contribution in [2.45, 2.75) is 19.3 Å². The summed E-state index contributed by atoms with van der Waals surface area (Å²) in [6.07, 6.45) is 3.05. The van der Waals surface area contributed by atoms with Gasteiger partial charge in [0.1, 0.15) is 9.84 Å². The van der Waals surface area contributed by atoms with E-state index in [4.69, 9.17) is 11.6 Å². The summed E-state index contributed by atoms with van der Waals surface area (Å²) in [4.78, 5) is 24.3. The average Bonchev–Trinajstić information content (AvgIpc) is 2.82. The molecule has 1 heterocycles. The van der Waals surface area contributed by atoms with Crippen LogP contribution in [0.2, 0.25) is 5.02 Å². The van der Waals surface area contributed by atoms with Gasteiger partial charge in [0.15, 0.2) is 0 Å². The van der Waals surface area contributed by atoms with Crippen molar-refractivity contribution in [3.63, 3.8) is 0 Å². The largest absolute Gasteiger partial charge is 0.411 e. The molecular formula is C26H28ClN3O5S. The maximum absolute atomic E-state index is 12.4. The smallest absolute Gasteiger partial charge is 0.251 e. The van der Waals surface area contributed by atoms with Crippen LogP contribution in [0.3, 0.4) is 0 Å². The first-order valence-electron chi connectivity index (χ1n) is 11.2. The lowest BCUT2D eigenvalue weighted by Crippen LogP contribution is -2.28. The molecule has 0 aliphatic carbocycles. The number of hydrogen-bond acceptors (Lipinski definition) is 6. The molecule has 2 N–H and O–H groups in total. The Morgan fingerprint density at radius 3 is 2.36 bits per heavy atom. The van der Waals surface area contributed by atoms with Crippen molar-refractivity contribution in [1.82, 2.24) is 9.88 Å². The van der Waals surface area contributed by atoms with Gasteiger partial charge in [0.05, 0.1) is 11.5 Å². The summed E-state index contributed by atoms with van der Waals surface area (Å²) in [5.41, 5.74) is 4.02. The van der Waals surface area contributed by atoms with Gasteiger partial charge in [-0.15, -0.1) is 0 Å². The van der Waals surface area contributed by atoms with E-state index in [9.17, 15) is 23.2 Å². The molecule has 10 heteroatoms. The molecule has 3 aromatic rings. The first-order chi connectivity index (χ1) is 17.0. The monoisotopic (exact) mass is 529 g/mol. The number of halogens is 1. The Morgan fingerprint density at radius 1 is 1.11 bits per heavy atom. The summed E-state index contributed by atoms with van der Waals surface area (Å²) in [6, 6.07) is 15.6. The lowest BCUT2D eigenvalue weighted by Gasteiger charge is -2.21. The standard InChI is InChI=1S/C26H28ClN3O5S/c1-17-14-21(27)9-10-22(17)23(15-24(29-33)20-8-11-25(31)30(2)16-20)18-4-6-19(7-5-18)26(32)28-12-13-36(3,34)35/h4-11,14,16,23,33H,12-13,15H2,1-3H3,(H,28,32). The molecule has 1 aromatic heterocycles. The zero-order chi connectivity index (χ0) is 26.5. The van der Waals surface area contributed by atoms with Crippen LogP contribution in [0.1, 0.15) is 45.0 Å². The fourth-order valence-electron chi connectivity index (χ4n) is 3.93. The maximum atomic E-state index is 12.4. The average molecular weight is 530 g/mol. The highest BCUT2D eigenvalue weighted by atomic mass is 35.5. The van der Waals surface area contributed by atoms with Crippen molar-refractivity contribution < 1.29 is 18.4 Å². The Morgan fingerprint density at radius 2 is 1.78 bits per heavy atom. The van der Waals surface area contributed by atoms with Crippen LogP contribution in [0.4, 0.5) is 0 Å². The molecule has 0 spiro atoms. The zero-order valence-corrected chi connectivity index (χ0v) is 21.8. The van der Waals surface area contributed by atoms with E-state index in [1.54, 1.807) is 37.5 Å². The Balaban J connectivity index is 1.93. The van der Waals surface area contributed by atoms with Gasteiger partial charge in [-0.25, -0.2) is 8.42 Å². The molecule has 1 amide bonds. The molecule has 1 unspecified atom stereocenters. The molecule has 0 bridgehead atoms. The number of benzene rings is 2. The van der Waals surface area contributed by atoms with Gasteiger partial charge in [0.2, 0.25) is 5.56 Å². The minimum atomic E-state index is -3.17. The molecule has 3 rings (SSSR count). The van der Waals surface area contributed by atoms with Crippen molar-refractivity contribution in [3.8, 4) is 0 Å². The summed E-state index contributed by atoms with van der Waals surface area (Å²) in [6.45, 7) is 1.97. The number of amides is 1. The van der Waals surface area contributed by atoms with Crippen LogP contribution >= 0.6 is 11.6 Å². The van der Waals surface area contributed by atoms with Gasteiger partial charge in [-0.1, -0.05) is 35.0 Å². The third-order valence-corrected chi connectivity index (χ3v) is 7.06. The van der Waals surface area contributed by atoms with E-state index < -0.39 is 9.84 Å². The first-order valence-corrected chi connectivity index (χ1v) is 13.6. The van der Waals surface area contributed by atoms with E-state index in [1.807, 2.05) is 31.2 Å². The molecule has 0 radical (unpaired) electrons. The Bertz CT molecular complexity index is 1450. The van der Waals surface area contributed by atoms with Gasteiger partial charge in [0.25, 0.3) is 5.91 Å². The number of oxime groups is 1. The van der Waals surface area contributed by atoms with Gasteiger partial charge >= 0.3 is 0 Å². The molecular weight excluding hydrogens is 502 g/mol. The summed E-state index contributed by atoms with van der Waals surface area (Å²) < 4.78 is 24.0. The Labute approximate surface area is 215 Å². The predicted octanol–water partition coefficient (Wildman–Crippen LogP) is 3.52. The van der Waals surface area contributed by atoms with E-state index in [-0.39, 0.29) is 29.7 Å². The first kappa shape index (κ1) is 27.2. The molecule has 2 aromatic carbocycles. The van der Waals surface area contributed by atoms with Crippen LogP contribution in [0.5, 0.6) is 0 Å². The van der Waals surface area contributed by atoms with Gasteiger partial charge in [-0.3, -0.25) is 9.59 Å². The molecule has 8 nitrogen and oxygen atoms in total. The second-order valence-corrected chi connectivity index (χ2v) is 11.4. The van der Waals surface area contributed by atoms with E-state index in [0.29, 0.717) is 28.3 Å². The number of carbonyl (C=O) groups is 1. The summed E-state index contributed by atoms with van der Waals surface area (Å²) >= 11 is 6.18. The highest BCUT2D eigenvalue weighted by Gasteiger charge is 2.21. The third kappa shape index (κ3) is 7.05. The quantitative estimate of drug-likeness (QED) is 0.250. The minimum absolute atomic E-state index is 0.0297. The SMILES string of the molecule is Cc1cc(Cl)ccc1C(CC(=NO)c1ccc(=O)n(C)c1)c1ccc(C(=O)NCCS(C)(=O)=O)cc1. The maximum Gasteiger partial charge on any atom is 0.251 e. The van der Waals surface area contributed by atoms with Crippen molar-refractivity contribution in [2.75, 3.05) is 18.6 Å². The molecule has 190 valence electrons. The number of nitrogens with one attached hydrogen (secondary N) is 1. The van der Waals surface area contributed by atoms with Crippen molar-refractivity contribution >= 4 is 33.1 Å². The topological polar surface area (TPSA) is 118 Å². The molecule has 0 saturated heterocycles. The van der Waals surface area contributed by atoms with Crippen LogP contribution in [0.25, 0.3) is 0 Å². The number of pyridine rings is 1. The van der Waals surface area contributed by atoms with Crippen molar-refractivity contribution in [2.24, 2.45) is 12.2 Å². The lowest BCUT2D eigenvalue weighted by molar-refractivity contribution is 0.0956. The second-order valence-electron chi connectivity index (χ2n) is 8.68. The fourth-order valence-corrected chi connectivity index (χ4v) is 4.63. The third-order valence-electron chi connectivity index (χ3n) is 5.88. The highest BCUT2D eigenvalue weighted by molar-refractivity contribution is 7.90. The molecule has 0 fully saturated rings. The van der Waals surface area contributed by atoms with Crippen LogP contribution in [-0.2, 0) is 16.9 Å². The van der Waals surface area contributed by atoms with Crippen LogP contribution in [0, 0.1) is 6.92 Å². The second kappa shape index (κ2) is 11.5. The number of sulfone groups is 1. The zero-order valence-electron chi connectivity index (χ0n) is 20.2. The molecule has 36 heavy (non-hydrogen) atoms. The van der Waals surface area contributed by atoms with Gasteiger partial charge in [0, 0.05) is 60.6 Å². The number of hydrogen-bond donors (Lipinski definition) is 2. The number of aryl methyl sites for hydroxylation is 2. The number of aromatic nitrogens is 1. The fraction of sp³-hybridized carbons (Fsp3) is 0.269. The van der Waals surface area contributed by atoms with Crippen LogP contribution in [0.15, 0.2) is 70.7 Å². The van der Waals surface area contributed by atoms with E-state index in [0.717, 1.165) is 22.9 Å². The normalized spacial score (nSPS) is 12.8. The Kier molecular flexibility index (Phi) is 8.70. The van der Waals surface area contributed by atoms with Gasteiger partial charge < -0.3 is 15.1 Å². The number of nitrogens with zero attached hydrogens (tertiary/aromatic N) is 2. The highest BCUT2D eigenvalue weighted by Crippen LogP contribution is 2.33. The van der Waals surface area contributed by atoms with E-state index in [2.05, 4.69) is 10.5 Å². The molecule has 1 atom stereocenters. The molecule has 0 aliphatic rings. The Hall–Kier alpha value is -3.43. The van der Waals surface area contributed by atoms with Crippen LogP contribution < -0.4 is 10.9 Å². The van der Waals surface area contributed by atoms with E-state index in [1.165, 1.54) is 10.6 Å². The van der Waals surface area contributed by atoms with E-state index >= 15 is 0 Å². The summed E-state index contributed by atoms with van der Waals surface area (Å²) in [5, 5.41) is 16.6. The number of rotatable bonds is 9. The number of carbonyl (C=O) groups excluding carboxylic acids is 1. The van der Waals surface area contributed by atoms with Crippen molar-refractivity contribution in [1.29, 1.82) is 0 Å².